The molecule has 1 heterocycles. The van der Waals surface area contributed by atoms with Gasteiger partial charge in [0.15, 0.2) is 0 Å². The van der Waals surface area contributed by atoms with E-state index in [9.17, 15) is 13.2 Å². The molecule has 166 valence electrons. The summed E-state index contributed by atoms with van der Waals surface area (Å²) in [5.41, 5.74) is 1.46. The average molecular weight is 473 g/mol. The van der Waals surface area contributed by atoms with Crippen LogP contribution in [0.15, 0.2) is 71.6 Å². The van der Waals surface area contributed by atoms with E-state index >= 15 is 0 Å². The van der Waals surface area contributed by atoms with Crippen LogP contribution in [0.4, 0.5) is 5.69 Å². The predicted octanol–water partition coefficient (Wildman–Crippen LogP) is 4.31. The number of carbonyl (C=O) groups excluding carboxylic acids is 1. The van der Waals surface area contributed by atoms with Gasteiger partial charge in [0.2, 0.25) is 15.9 Å². The second-order valence-electron chi connectivity index (χ2n) is 7.41. The summed E-state index contributed by atoms with van der Waals surface area (Å²) >= 11 is 6.21. The van der Waals surface area contributed by atoms with Crippen LogP contribution in [-0.2, 0) is 14.8 Å². The molecule has 1 amide bonds. The lowest BCUT2D eigenvalue weighted by Gasteiger charge is -2.19. The van der Waals surface area contributed by atoms with Crippen molar-refractivity contribution in [2.75, 3.05) is 18.6 Å². The standard InChI is InChI=1S/C23H21ClN2O5S/c1-30-18-3-2-4-19(13-18)31-22-12-16(24)5-10-21(22)15-11-23(27)26(14-15)17-6-8-20(9-7-17)32(25,28)29/h2-10,12-13,15H,11,14H2,1H3,(H2,25,28,29)/t15-/m0/s1. The van der Waals surface area contributed by atoms with Gasteiger partial charge in [-0.15, -0.1) is 0 Å². The van der Waals surface area contributed by atoms with Crippen molar-refractivity contribution in [1.82, 2.24) is 0 Å². The molecule has 0 unspecified atom stereocenters. The maximum Gasteiger partial charge on any atom is 0.238 e. The maximum atomic E-state index is 12.8. The fourth-order valence-corrected chi connectivity index (χ4v) is 4.38. The molecule has 1 saturated heterocycles. The fourth-order valence-electron chi connectivity index (χ4n) is 3.71. The molecule has 32 heavy (non-hydrogen) atoms. The number of amides is 1. The first-order valence-electron chi connectivity index (χ1n) is 9.79. The number of halogens is 1. The molecule has 1 fully saturated rings. The Labute approximate surface area is 191 Å². The fraction of sp³-hybridized carbons (Fsp3) is 0.174. The van der Waals surface area contributed by atoms with Crippen molar-refractivity contribution >= 4 is 33.2 Å². The number of hydrogen-bond acceptors (Lipinski definition) is 5. The van der Waals surface area contributed by atoms with Gasteiger partial charge in [-0.2, -0.15) is 0 Å². The van der Waals surface area contributed by atoms with Gasteiger partial charge in [-0.1, -0.05) is 23.7 Å². The summed E-state index contributed by atoms with van der Waals surface area (Å²) in [6, 6.07) is 18.5. The minimum atomic E-state index is -3.80. The second kappa shape index (κ2) is 8.82. The zero-order valence-corrected chi connectivity index (χ0v) is 18.8. The van der Waals surface area contributed by atoms with Crippen LogP contribution in [0.3, 0.4) is 0 Å². The number of nitrogens with zero attached hydrogens (tertiary/aromatic N) is 1. The molecular weight excluding hydrogens is 452 g/mol. The Morgan fingerprint density at radius 2 is 1.75 bits per heavy atom. The molecule has 0 radical (unpaired) electrons. The number of benzene rings is 3. The molecule has 3 aromatic carbocycles. The topological polar surface area (TPSA) is 98.9 Å². The van der Waals surface area contributed by atoms with Crippen LogP contribution in [0.25, 0.3) is 0 Å². The van der Waals surface area contributed by atoms with Crippen molar-refractivity contribution in [2.24, 2.45) is 5.14 Å². The van der Waals surface area contributed by atoms with Gasteiger partial charge in [0.05, 0.1) is 12.0 Å². The van der Waals surface area contributed by atoms with E-state index in [1.165, 1.54) is 12.1 Å². The Morgan fingerprint density at radius 1 is 1.03 bits per heavy atom. The first kappa shape index (κ1) is 22.1. The summed E-state index contributed by atoms with van der Waals surface area (Å²) in [5.74, 6) is 1.62. The van der Waals surface area contributed by atoms with Gasteiger partial charge in [0.25, 0.3) is 0 Å². The van der Waals surface area contributed by atoms with E-state index in [0.717, 1.165) is 5.56 Å². The molecule has 1 atom stereocenters. The molecule has 0 aliphatic carbocycles. The van der Waals surface area contributed by atoms with E-state index in [0.29, 0.717) is 34.5 Å². The van der Waals surface area contributed by atoms with Crippen LogP contribution < -0.4 is 19.5 Å². The third-order valence-electron chi connectivity index (χ3n) is 5.29. The molecule has 3 aromatic rings. The molecule has 0 saturated carbocycles. The summed E-state index contributed by atoms with van der Waals surface area (Å²) in [6.07, 6.45) is 0.285. The van der Waals surface area contributed by atoms with Crippen LogP contribution in [0.2, 0.25) is 5.02 Å². The molecule has 9 heteroatoms. The second-order valence-corrected chi connectivity index (χ2v) is 9.41. The Morgan fingerprint density at radius 3 is 2.44 bits per heavy atom. The number of rotatable bonds is 6. The average Bonchev–Trinajstić information content (AvgIpc) is 3.15. The number of nitrogens with two attached hydrogens (primary N) is 1. The van der Waals surface area contributed by atoms with Crippen molar-refractivity contribution in [1.29, 1.82) is 0 Å². The Kier molecular flexibility index (Phi) is 6.10. The molecule has 7 nitrogen and oxygen atoms in total. The predicted molar refractivity (Wildman–Crippen MR) is 122 cm³/mol. The van der Waals surface area contributed by atoms with Gasteiger partial charge in [0, 0.05) is 41.2 Å². The molecular formula is C23H21ClN2O5S. The third-order valence-corrected chi connectivity index (χ3v) is 6.45. The van der Waals surface area contributed by atoms with E-state index in [1.807, 2.05) is 24.3 Å². The highest BCUT2D eigenvalue weighted by atomic mass is 35.5. The van der Waals surface area contributed by atoms with Crippen molar-refractivity contribution in [3.63, 3.8) is 0 Å². The van der Waals surface area contributed by atoms with Crippen molar-refractivity contribution in [3.8, 4) is 17.2 Å². The van der Waals surface area contributed by atoms with Crippen molar-refractivity contribution in [2.45, 2.75) is 17.2 Å². The Bertz CT molecular complexity index is 1260. The normalized spacial score (nSPS) is 16.3. The quantitative estimate of drug-likeness (QED) is 0.576. The van der Waals surface area contributed by atoms with E-state index in [1.54, 1.807) is 42.3 Å². The van der Waals surface area contributed by atoms with E-state index in [2.05, 4.69) is 0 Å². The highest BCUT2D eigenvalue weighted by molar-refractivity contribution is 7.89. The lowest BCUT2D eigenvalue weighted by Crippen LogP contribution is -2.24. The summed E-state index contributed by atoms with van der Waals surface area (Å²) in [7, 11) is -2.21. The first-order valence-corrected chi connectivity index (χ1v) is 11.7. The van der Waals surface area contributed by atoms with Crippen LogP contribution in [-0.4, -0.2) is 28.0 Å². The van der Waals surface area contributed by atoms with E-state index < -0.39 is 10.0 Å². The number of carbonyl (C=O) groups is 1. The molecule has 1 aliphatic rings. The number of ether oxygens (including phenoxy) is 2. The minimum absolute atomic E-state index is 0.00359. The molecule has 1 aliphatic heterocycles. The Hall–Kier alpha value is -3.07. The summed E-state index contributed by atoms with van der Waals surface area (Å²) in [5, 5.41) is 5.67. The molecule has 0 bridgehead atoms. The molecule has 0 spiro atoms. The van der Waals surface area contributed by atoms with Gasteiger partial charge in [0.1, 0.15) is 17.2 Å². The van der Waals surface area contributed by atoms with Gasteiger partial charge in [-0.3, -0.25) is 4.79 Å². The first-order chi connectivity index (χ1) is 15.2. The molecule has 0 aromatic heterocycles. The number of methoxy groups -OCH3 is 1. The molecule has 2 N–H and O–H groups in total. The van der Waals surface area contributed by atoms with Crippen LogP contribution >= 0.6 is 11.6 Å². The van der Waals surface area contributed by atoms with Crippen LogP contribution in [0, 0.1) is 0 Å². The third kappa shape index (κ3) is 4.72. The summed E-state index contributed by atoms with van der Waals surface area (Å²) < 4.78 is 34.3. The smallest absolute Gasteiger partial charge is 0.238 e. The minimum Gasteiger partial charge on any atom is -0.497 e. The zero-order chi connectivity index (χ0) is 22.9. The van der Waals surface area contributed by atoms with Gasteiger partial charge < -0.3 is 14.4 Å². The maximum absolute atomic E-state index is 12.8. The number of primary sulfonamides is 1. The monoisotopic (exact) mass is 472 g/mol. The highest BCUT2D eigenvalue weighted by Gasteiger charge is 2.33. The number of hydrogen-bond donors (Lipinski definition) is 1. The van der Waals surface area contributed by atoms with Gasteiger partial charge >= 0.3 is 0 Å². The van der Waals surface area contributed by atoms with Gasteiger partial charge in [-0.25, -0.2) is 13.6 Å². The zero-order valence-electron chi connectivity index (χ0n) is 17.2. The summed E-state index contributed by atoms with van der Waals surface area (Å²) in [6.45, 7) is 0.420. The number of anilines is 1. The largest absolute Gasteiger partial charge is 0.497 e. The highest BCUT2D eigenvalue weighted by Crippen LogP contribution is 2.39. The van der Waals surface area contributed by atoms with Crippen molar-refractivity contribution in [3.05, 3.63) is 77.3 Å². The Balaban J connectivity index is 1.60. The van der Waals surface area contributed by atoms with Crippen LogP contribution in [0.1, 0.15) is 17.9 Å². The molecule has 4 rings (SSSR count). The lowest BCUT2D eigenvalue weighted by atomic mass is 9.97. The van der Waals surface area contributed by atoms with Crippen molar-refractivity contribution < 1.29 is 22.7 Å². The van der Waals surface area contributed by atoms with E-state index in [4.69, 9.17) is 26.2 Å². The van der Waals surface area contributed by atoms with Gasteiger partial charge in [-0.05, 0) is 48.5 Å². The summed E-state index contributed by atoms with van der Waals surface area (Å²) in [4.78, 5) is 14.4. The lowest BCUT2D eigenvalue weighted by molar-refractivity contribution is -0.117. The van der Waals surface area contributed by atoms with Crippen LogP contribution in [0.5, 0.6) is 17.2 Å². The SMILES string of the molecule is COc1cccc(Oc2cc(Cl)ccc2[C@H]2CC(=O)N(c3ccc(S(N)(=O)=O)cc3)C2)c1. The number of sulfonamides is 1. The van der Waals surface area contributed by atoms with E-state index in [-0.39, 0.29) is 23.1 Å².